The molecule has 1 aliphatic carbocycles. The lowest BCUT2D eigenvalue weighted by Gasteiger charge is -2.37. The molecule has 2 atom stereocenters. The number of hydrogen-bond donors (Lipinski definition) is 1. The lowest BCUT2D eigenvalue weighted by molar-refractivity contribution is 0.0256. The number of thiazole rings is 1. The van der Waals surface area contributed by atoms with Crippen molar-refractivity contribution in [1.82, 2.24) is 4.98 Å². The second kappa shape index (κ2) is 4.55. The van der Waals surface area contributed by atoms with Gasteiger partial charge in [0.15, 0.2) is 5.13 Å². The van der Waals surface area contributed by atoms with Crippen molar-refractivity contribution in [3.63, 3.8) is 0 Å². The Hall–Kier alpha value is -0.650. The van der Waals surface area contributed by atoms with Crippen LogP contribution in [0, 0.1) is 6.92 Å². The molecule has 1 aliphatic heterocycles. The van der Waals surface area contributed by atoms with E-state index in [1.54, 1.807) is 11.3 Å². The van der Waals surface area contributed by atoms with Gasteiger partial charge in [0, 0.05) is 18.0 Å². The molecule has 0 spiro atoms. The number of hydrogen-bond acceptors (Lipinski definition) is 5. The minimum Gasteiger partial charge on any atom is -0.374 e. The molecule has 2 heterocycles. The summed E-state index contributed by atoms with van der Waals surface area (Å²) in [5, 5.41) is 1.14. The normalized spacial score (nSPS) is 28.5. The highest BCUT2D eigenvalue weighted by Crippen LogP contribution is 2.35. The average molecular weight is 253 g/mol. The highest BCUT2D eigenvalue weighted by atomic mass is 32.1. The van der Waals surface area contributed by atoms with Gasteiger partial charge in [0.2, 0.25) is 0 Å². The Morgan fingerprint density at radius 1 is 1.53 bits per heavy atom. The van der Waals surface area contributed by atoms with Crippen LogP contribution >= 0.6 is 11.3 Å². The molecule has 3 rings (SSSR count). The number of aryl methyl sites for hydroxylation is 1. The van der Waals surface area contributed by atoms with Crippen molar-refractivity contribution in [2.24, 2.45) is 5.73 Å². The van der Waals surface area contributed by atoms with Crippen molar-refractivity contribution >= 4 is 16.5 Å². The van der Waals surface area contributed by atoms with Crippen LogP contribution < -0.4 is 10.6 Å². The number of rotatable bonds is 2. The molecule has 2 N–H and O–H groups in total. The summed E-state index contributed by atoms with van der Waals surface area (Å²) in [7, 11) is 0. The highest BCUT2D eigenvalue weighted by Gasteiger charge is 2.37. The van der Waals surface area contributed by atoms with Crippen LogP contribution in [0.25, 0.3) is 0 Å². The van der Waals surface area contributed by atoms with E-state index in [0.717, 1.165) is 24.0 Å². The molecule has 2 aliphatic rings. The van der Waals surface area contributed by atoms with Crippen molar-refractivity contribution in [2.45, 2.75) is 44.9 Å². The molecular weight excluding hydrogens is 234 g/mol. The fourth-order valence-corrected chi connectivity index (χ4v) is 3.91. The van der Waals surface area contributed by atoms with E-state index in [2.05, 4.69) is 16.8 Å². The average Bonchev–Trinajstić information content (AvgIpc) is 2.94. The third-order valence-corrected chi connectivity index (χ3v) is 5.01. The monoisotopic (exact) mass is 253 g/mol. The van der Waals surface area contributed by atoms with E-state index in [9.17, 15) is 0 Å². The smallest absolute Gasteiger partial charge is 0.186 e. The van der Waals surface area contributed by atoms with Crippen LogP contribution in [0.3, 0.4) is 0 Å². The van der Waals surface area contributed by atoms with Gasteiger partial charge in [-0.15, -0.1) is 11.3 Å². The minimum atomic E-state index is 0.425. The lowest BCUT2D eigenvalue weighted by Crippen LogP contribution is -2.48. The molecule has 2 fully saturated rings. The zero-order valence-corrected chi connectivity index (χ0v) is 11.0. The number of morpholine rings is 1. The molecule has 4 nitrogen and oxygen atoms in total. The zero-order chi connectivity index (χ0) is 11.8. The number of fused-ring (bicyclic) bond motifs is 1. The first-order chi connectivity index (χ1) is 8.29. The Labute approximate surface area is 106 Å². The van der Waals surface area contributed by atoms with E-state index in [0.29, 0.717) is 18.7 Å². The number of nitrogens with zero attached hydrogens (tertiary/aromatic N) is 2. The molecule has 1 saturated carbocycles. The highest BCUT2D eigenvalue weighted by molar-refractivity contribution is 7.15. The molecule has 1 saturated heterocycles. The van der Waals surface area contributed by atoms with E-state index in [1.165, 1.54) is 24.1 Å². The van der Waals surface area contributed by atoms with Gasteiger partial charge in [0.25, 0.3) is 0 Å². The molecule has 94 valence electrons. The largest absolute Gasteiger partial charge is 0.374 e. The van der Waals surface area contributed by atoms with Crippen LogP contribution in [0.2, 0.25) is 0 Å². The Balaban J connectivity index is 1.86. The second-order valence-corrected chi connectivity index (χ2v) is 5.87. The van der Waals surface area contributed by atoms with Gasteiger partial charge in [-0.05, 0) is 26.2 Å². The Morgan fingerprint density at radius 3 is 3.18 bits per heavy atom. The molecule has 0 radical (unpaired) electrons. The summed E-state index contributed by atoms with van der Waals surface area (Å²) in [5.74, 6) is 0. The number of ether oxygens (including phenoxy) is 1. The predicted octanol–water partition coefficient (Wildman–Crippen LogP) is 1.67. The van der Waals surface area contributed by atoms with E-state index in [-0.39, 0.29) is 0 Å². The lowest BCUT2D eigenvalue weighted by atomic mass is 10.1. The fraction of sp³-hybridized carbons (Fsp3) is 0.750. The first-order valence-corrected chi connectivity index (χ1v) is 7.16. The fourth-order valence-electron chi connectivity index (χ4n) is 2.89. The van der Waals surface area contributed by atoms with Crippen LogP contribution in [0.4, 0.5) is 5.13 Å². The zero-order valence-electron chi connectivity index (χ0n) is 10.2. The van der Waals surface area contributed by atoms with Gasteiger partial charge in [0.1, 0.15) is 0 Å². The topological polar surface area (TPSA) is 51.4 Å². The first kappa shape index (κ1) is 11.4. The van der Waals surface area contributed by atoms with Gasteiger partial charge < -0.3 is 15.4 Å². The predicted molar refractivity (Wildman–Crippen MR) is 69.5 cm³/mol. The third-order valence-electron chi connectivity index (χ3n) is 3.79. The SMILES string of the molecule is Cc1nc(N2CCOC3CCCC32)sc1CN. The minimum absolute atomic E-state index is 0.425. The van der Waals surface area contributed by atoms with Crippen molar-refractivity contribution in [1.29, 1.82) is 0 Å². The van der Waals surface area contributed by atoms with Gasteiger partial charge >= 0.3 is 0 Å². The summed E-state index contributed by atoms with van der Waals surface area (Å²) in [5.41, 5.74) is 6.82. The van der Waals surface area contributed by atoms with Gasteiger partial charge in [0.05, 0.1) is 24.4 Å². The van der Waals surface area contributed by atoms with E-state index < -0.39 is 0 Å². The van der Waals surface area contributed by atoms with E-state index in [1.807, 2.05) is 0 Å². The van der Waals surface area contributed by atoms with Gasteiger partial charge in [-0.2, -0.15) is 0 Å². The number of nitrogens with two attached hydrogens (primary N) is 1. The van der Waals surface area contributed by atoms with Crippen molar-refractivity contribution in [3.05, 3.63) is 10.6 Å². The maximum absolute atomic E-state index is 5.83. The molecule has 1 aromatic rings. The van der Waals surface area contributed by atoms with Crippen molar-refractivity contribution < 1.29 is 4.74 Å². The Morgan fingerprint density at radius 2 is 2.41 bits per heavy atom. The maximum Gasteiger partial charge on any atom is 0.186 e. The van der Waals surface area contributed by atoms with Crippen molar-refractivity contribution in [3.8, 4) is 0 Å². The molecule has 17 heavy (non-hydrogen) atoms. The van der Waals surface area contributed by atoms with Crippen LogP contribution in [0.1, 0.15) is 29.8 Å². The van der Waals surface area contributed by atoms with E-state index >= 15 is 0 Å². The number of aromatic nitrogens is 1. The van der Waals surface area contributed by atoms with Crippen LogP contribution in [0.15, 0.2) is 0 Å². The van der Waals surface area contributed by atoms with Gasteiger partial charge in [-0.3, -0.25) is 0 Å². The van der Waals surface area contributed by atoms with Crippen LogP contribution in [-0.4, -0.2) is 30.3 Å². The third kappa shape index (κ3) is 1.96. The summed E-state index contributed by atoms with van der Waals surface area (Å²) in [6, 6.07) is 0.542. The van der Waals surface area contributed by atoms with Gasteiger partial charge in [-0.1, -0.05) is 0 Å². The van der Waals surface area contributed by atoms with Gasteiger partial charge in [-0.25, -0.2) is 4.98 Å². The second-order valence-electron chi connectivity index (χ2n) is 4.81. The molecule has 1 aromatic heterocycles. The van der Waals surface area contributed by atoms with E-state index in [4.69, 9.17) is 10.5 Å². The Bertz CT molecular complexity index is 406. The summed E-state index contributed by atoms with van der Waals surface area (Å²) in [6.45, 7) is 4.45. The van der Waals surface area contributed by atoms with Crippen LogP contribution in [0.5, 0.6) is 0 Å². The summed E-state index contributed by atoms with van der Waals surface area (Å²) in [6.07, 6.45) is 4.14. The number of anilines is 1. The summed E-state index contributed by atoms with van der Waals surface area (Å²) < 4.78 is 5.83. The molecule has 0 amide bonds. The summed E-state index contributed by atoms with van der Waals surface area (Å²) in [4.78, 5) is 8.33. The summed E-state index contributed by atoms with van der Waals surface area (Å²) >= 11 is 1.75. The quantitative estimate of drug-likeness (QED) is 0.871. The van der Waals surface area contributed by atoms with Crippen molar-refractivity contribution in [2.75, 3.05) is 18.1 Å². The molecular formula is C12H19N3OS. The first-order valence-electron chi connectivity index (χ1n) is 6.34. The molecule has 5 heteroatoms. The Kier molecular flexibility index (Phi) is 3.06. The van der Waals surface area contributed by atoms with Crippen LogP contribution in [-0.2, 0) is 11.3 Å². The molecule has 0 bridgehead atoms. The molecule has 0 aromatic carbocycles. The maximum atomic E-state index is 5.83. The standard InChI is InChI=1S/C12H19N3OS/c1-8-11(7-13)17-12(14-8)15-5-6-16-10-4-2-3-9(10)15/h9-10H,2-7,13H2,1H3. The molecule has 2 unspecified atom stereocenters.